The minimum atomic E-state index is 1.11. The molecule has 2 nitrogen and oxygen atoms in total. The number of para-hydroxylation sites is 2. The van der Waals surface area contributed by atoms with E-state index in [1.54, 1.807) is 0 Å². The molecule has 0 saturated carbocycles. The van der Waals surface area contributed by atoms with Gasteiger partial charge in [0.1, 0.15) is 0 Å². The number of hydrogen-bond donors (Lipinski definition) is 0. The maximum atomic E-state index is 2.38. The number of nitrogens with zero attached hydrogens (tertiary/aromatic N) is 2. The summed E-state index contributed by atoms with van der Waals surface area (Å²) in [5.41, 5.74) is 13.1. The average molecular weight is 677 g/mol. The smallest absolute Gasteiger partial charge is 0.0542 e. The van der Waals surface area contributed by atoms with E-state index in [1.807, 2.05) is 0 Å². The van der Waals surface area contributed by atoms with E-state index in [9.17, 15) is 0 Å². The third-order valence-electron chi connectivity index (χ3n) is 10.6. The van der Waals surface area contributed by atoms with Crippen molar-refractivity contribution in [2.75, 3.05) is 4.90 Å². The number of aromatic nitrogens is 1. The van der Waals surface area contributed by atoms with Crippen LogP contribution in [0.2, 0.25) is 0 Å². The molecule has 0 aliphatic heterocycles. The maximum absolute atomic E-state index is 2.38. The van der Waals surface area contributed by atoms with Gasteiger partial charge in [-0.05, 0) is 117 Å². The Kier molecular flexibility index (Phi) is 7.40. The minimum absolute atomic E-state index is 1.11. The molecular weight excluding hydrogens is 641 g/mol. The van der Waals surface area contributed by atoms with Gasteiger partial charge in [-0.15, -0.1) is 0 Å². The van der Waals surface area contributed by atoms with Crippen molar-refractivity contribution in [3.63, 3.8) is 0 Å². The molecule has 0 radical (unpaired) electrons. The Labute approximate surface area is 309 Å². The third kappa shape index (κ3) is 5.19. The maximum Gasteiger partial charge on any atom is 0.0542 e. The number of aryl methyl sites for hydroxylation is 1. The fourth-order valence-electron chi connectivity index (χ4n) is 8.28. The fourth-order valence-corrected chi connectivity index (χ4v) is 8.28. The van der Waals surface area contributed by atoms with Gasteiger partial charge >= 0.3 is 0 Å². The van der Waals surface area contributed by atoms with Crippen LogP contribution in [-0.4, -0.2) is 4.57 Å². The molecule has 2 heteroatoms. The van der Waals surface area contributed by atoms with E-state index in [1.165, 1.54) is 71.2 Å². The van der Waals surface area contributed by atoms with Crippen LogP contribution in [0.15, 0.2) is 200 Å². The fraction of sp³-hybridized carbons (Fsp3) is 0.0196. The van der Waals surface area contributed by atoms with Crippen molar-refractivity contribution in [2.45, 2.75) is 6.92 Å². The Morgan fingerprint density at radius 2 is 0.774 bits per heavy atom. The number of anilines is 3. The summed E-state index contributed by atoms with van der Waals surface area (Å²) in [6.45, 7) is 2.18. The van der Waals surface area contributed by atoms with Crippen molar-refractivity contribution in [2.24, 2.45) is 0 Å². The van der Waals surface area contributed by atoms with Crippen molar-refractivity contribution in [3.8, 4) is 27.9 Å². The second-order valence-corrected chi connectivity index (χ2v) is 13.8. The second-order valence-electron chi connectivity index (χ2n) is 13.8. The lowest BCUT2D eigenvalue weighted by Gasteiger charge is -2.26. The molecule has 0 spiro atoms. The van der Waals surface area contributed by atoms with Gasteiger partial charge in [0.15, 0.2) is 0 Å². The molecule has 0 fully saturated rings. The van der Waals surface area contributed by atoms with Gasteiger partial charge in [-0.2, -0.15) is 0 Å². The lowest BCUT2D eigenvalue weighted by molar-refractivity contribution is 1.18. The highest BCUT2D eigenvalue weighted by Gasteiger charge is 2.19. The molecule has 0 saturated heterocycles. The highest BCUT2D eigenvalue weighted by atomic mass is 15.1. The standard InChI is InChI=1S/C51H36N2/c1-35-25-31-48-46(33-35)47-34-41(30-32-49(47)53(48)39-19-9-4-10-20-39)52(38-17-7-3-8-18-38)40-28-26-37(27-29-40)51-44-23-13-11-21-42(44)50(36-15-5-2-6-16-36)43-22-12-14-24-45(43)51/h2-34H,1H3. The summed E-state index contributed by atoms with van der Waals surface area (Å²) in [5, 5.41) is 7.54. The Morgan fingerprint density at radius 1 is 0.340 bits per heavy atom. The van der Waals surface area contributed by atoms with Gasteiger partial charge in [0.25, 0.3) is 0 Å². The Morgan fingerprint density at radius 3 is 1.36 bits per heavy atom. The van der Waals surface area contributed by atoms with Crippen LogP contribution in [0.4, 0.5) is 17.1 Å². The number of rotatable bonds is 6. The zero-order valence-electron chi connectivity index (χ0n) is 29.4. The van der Waals surface area contributed by atoms with Crippen molar-refractivity contribution in [3.05, 3.63) is 206 Å². The van der Waals surface area contributed by atoms with Crippen molar-refractivity contribution < 1.29 is 0 Å². The first kappa shape index (κ1) is 30.9. The summed E-state index contributed by atoms with van der Waals surface area (Å²) in [5.74, 6) is 0. The summed E-state index contributed by atoms with van der Waals surface area (Å²) in [4.78, 5) is 2.37. The predicted molar refractivity (Wildman–Crippen MR) is 226 cm³/mol. The van der Waals surface area contributed by atoms with Crippen LogP contribution < -0.4 is 4.90 Å². The summed E-state index contributed by atoms with van der Waals surface area (Å²) in [6, 6.07) is 72.7. The van der Waals surface area contributed by atoms with Gasteiger partial charge in [-0.3, -0.25) is 0 Å². The molecule has 0 bridgehead atoms. The molecule has 0 aliphatic carbocycles. The lowest BCUT2D eigenvalue weighted by atomic mass is 9.86. The van der Waals surface area contributed by atoms with Gasteiger partial charge in [0.2, 0.25) is 0 Å². The normalized spacial score (nSPS) is 11.5. The molecule has 0 aliphatic rings. The quantitative estimate of drug-likeness (QED) is 0.159. The Balaban J connectivity index is 1.15. The molecule has 9 aromatic carbocycles. The van der Waals surface area contributed by atoms with Gasteiger partial charge in [-0.25, -0.2) is 0 Å². The largest absolute Gasteiger partial charge is 0.310 e. The zero-order chi connectivity index (χ0) is 35.3. The monoisotopic (exact) mass is 676 g/mol. The lowest BCUT2D eigenvalue weighted by Crippen LogP contribution is -2.09. The number of hydrogen-bond acceptors (Lipinski definition) is 1. The summed E-state index contributed by atoms with van der Waals surface area (Å²) in [7, 11) is 0. The minimum Gasteiger partial charge on any atom is -0.310 e. The number of fused-ring (bicyclic) bond motifs is 5. The molecule has 0 amide bonds. The van der Waals surface area contributed by atoms with E-state index in [0.29, 0.717) is 0 Å². The molecule has 0 atom stereocenters. The van der Waals surface area contributed by atoms with Crippen molar-refractivity contribution >= 4 is 60.4 Å². The Hall–Kier alpha value is -6.90. The zero-order valence-corrected chi connectivity index (χ0v) is 29.4. The second kappa shape index (κ2) is 12.7. The summed E-state index contributed by atoms with van der Waals surface area (Å²) in [6.07, 6.45) is 0. The molecule has 0 N–H and O–H groups in total. The topological polar surface area (TPSA) is 8.17 Å². The van der Waals surface area contributed by atoms with Gasteiger partial charge in [0, 0.05) is 33.5 Å². The molecule has 10 aromatic rings. The van der Waals surface area contributed by atoms with Crippen LogP contribution in [0.25, 0.3) is 71.3 Å². The van der Waals surface area contributed by atoms with Crippen LogP contribution in [0.5, 0.6) is 0 Å². The first-order chi connectivity index (χ1) is 26.2. The van der Waals surface area contributed by atoms with Crippen molar-refractivity contribution in [1.29, 1.82) is 0 Å². The SMILES string of the molecule is Cc1ccc2c(c1)c1cc(N(c3ccccc3)c3ccc(-c4c5ccccc5c(-c5ccccc5)c5ccccc45)cc3)ccc1n2-c1ccccc1. The van der Waals surface area contributed by atoms with Gasteiger partial charge < -0.3 is 9.47 Å². The van der Waals surface area contributed by atoms with Crippen molar-refractivity contribution in [1.82, 2.24) is 4.57 Å². The molecule has 10 rings (SSSR count). The van der Waals surface area contributed by atoms with Crippen LogP contribution in [0, 0.1) is 6.92 Å². The van der Waals surface area contributed by atoms with Gasteiger partial charge in [0.05, 0.1) is 11.0 Å². The molecule has 1 heterocycles. The molecular formula is C51H36N2. The highest BCUT2D eigenvalue weighted by Crippen LogP contribution is 2.45. The van der Waals surface area contributed by atoms with E-state index < -0.39 is 0 Å². The van der Waals surface area contributed by atoms with Gasteiger partial charge in [-0.1, -0.05) is 139 Å². The summed E-state index contributed by atoms with van der Waals surface area (Å²) >= 11 is 0. The van der Waals surface area contributed by atoms with Crippen LogP contribution in [0.1, 0.15) is 5.56 Å². The molecule has 250 valence electrons. The van der Waals surface area contributed by atoms with E-state index >= 15 is 0 Å². The first-order valence-corrected chi connectivity index (χ1v) is 18.3. The van der Waals surface area contributed by atoms with E-state index in [-0.39, 0.29) is 0 Å². The van der Waals surface area contributed by atoms with E-state index in [4.69, 9.17) is 0 Å². The van der Waals surface area contributed by atoms with E-state index in [0.717, 1.165) is 22.7 Å². The van der Waals surface area contributed by atoms with Crippen LogP contribution in [-0.2, 0) is 0 Å². The van der Waals surface area contributed by atoms with Crippen LogP contribution in [0.3, 0.4) is 0 Å². The Bertz CT molecular complexity index is 2870. The average Bonchev–Trinajstić information content (AvgIpc) is 3.54. The number of benzene rings is 9. The first-order valence-electron chi connectivity index (χ1n) is 18.3. The third-order valence-corrected chi connectivity index (χ3v) is 10.6. The molecule has 53 heavy (non-hydrogen) atoms. The summed E-state index contributed by atoms with van der Waals surface area (Å²) < 4.78 is 2.38. The highest BCUT2D eigenvalue weighted by molar-refractivity contribution is 6.21. The molecule has 0 unspecified atom stereocenters. The van der Waals surface area contributed by atoms with E-state index in [2.05, 4.69) is 217 Å². The van der Waals surface area contributed by atoms with Crippen LogP contribution >= 0.6 is 0 Å². The molecule has 1 aromatic heterocycles. The predicted octanol–water partition coefficient (Wildman–Crippen LogP) is 14.2.